The Kier molecular flexibility index (Phi) is 12.7. The first-order valence-electron chi connectivity index (χ1n) is 25.7. The minimum atomic E-state index is -4.64. The molecule has 1 aliphatic carbocycles. The Hall–Kier alpha value is -6.81. The number of fused-ring (bicyclic) bond motifs is 3. The Bertz CT molecular complexity index is 3280. The van der Waals surface area contributed by atoms with Crippen molar-refractivity contribution in [2.24, 2.45) is 11.3 Å². The number of nitro groups is 1. The van der Waals surface area contributed by atoms with Crippen molar-refractivity contribution in [3.63, 3.8) is 0 Å². The zero-order valence-electron chi connectivity index (χ0n) is 40.9. The molecule has 8 heterocycles. The third kappa shape index (κ3) is 9.41. The third-order valence-corrected chi connectivity index (χ3v) is 17.7. The highest BCUT2D eigenvalue weighted by Crippen LogP contribution is 2.55. The highest BCUT2D eigenvalue weighted by atomic mass is 32.2. The molecule has 4 saturated heterocycles. The Morgan fingerprint density at radius 1 is 0.920 bits per heavy atom. The molecule has 1 spiro atoms. The van der Waals surface area contributed by atoms with E-state index in [1.807, 2.05) is 53.4 Å². The fraction of sp³-hybridized carbons (Fsp3) is 0.426. The van der Waals surface area contributed by atoms with Gasteiger partial charge in [0, 0.05) is 80.0 Å². The number of hydrogen-bond donors (Lipinski definition) is 3. The van der Waals surface area contributed by atoms with Crippen LogP contribution in [-0.2, 0) is 25.7 Å². The van der Waals surface area contributed by atoms with E-state index >= 15 is 0 Å². The number of H-pyrrole nitrogens is 1. The van der Waals surface area contributed by atoms with Gasteiger partial charge in [0.15, 0.2) is 0 Å². The van der Waals surface area contributed by atoms with Crippen LogP contribution in [0.15, 0.2) is 102 Å². The van der Waals surface area contributed by atoms with E-state index in [2.05, 4.69) is 29.8 Å². The molecule has 6 aromatic rings. The van der Waals surface area contributed by atoms with Crippen LogP contribution in [0.1, 0.15) is 78.9 Å². The van der Waals surface area contributed by atoms with Gasteiger partial charge in [-0.1, -0.05) is 24.3 Å². The predicted molar refractivity (Wildman–Crippen MR) is 274 cm³/mol. The minimum absolute atomic E-state index is 0.0557. The average molecular weight is 1050 g/mol. The second-order valence-corrected chi connectivity index (χ2v) is 22.5. The van der Waals surface area contributed by atoms with Gasteiger partial charge in [-0.3, -0.25) is 24.8 Å². The molecule has 17 nitrogen and oxygen atoms in total. The number of anilines is 4. The number of hydrogen-bond acceptors (Lipinski definition) is 14. The molecule has 3 aromatic heterocycles. The van der Waals surface area contributed by atoms with Crippen molar-refractivity contribution in [3.05, 3.63) is 124 Å². The predicted octanol–water partition coefficient (Wildman–Crippen LogP) is 9.39. The number of nitro benzene ring substituents is 1. The molecule has 1 amide bonds. The van der Waals surface area contributed by atoms with Gasteiger partial charge in [-0.15, -0.1) is 0 Å². The smallest absolute Gasteiger partial charge is 0.416 e. The number of ether oxygens (including phenoxy) is 3. The first-order valence-corrected chi connectivity index (χ1v) is 27.1. The van der Waals surface area contributed by atoms with Crippen LogP contribution in [0.4, 0.5) is 41.6 Å². The molecule has 75 heavy (non-hydrogen) atoms. The van der Waals surface area contributed by atoms with Crippen molar-refractivity contribution in [1.82, 2.24) is 24.6 Å². The molecule has 0 bridgehead atoms. The van der Waals surface area contributed by atoms with Gasteiger partial charge in [-0.2, -0.15) is 18.2 Å². The summed E-state index contributed by atoms with van der Waals surface area (Å²) in [4.78, 5) is 45.0. The first-order chi connectivity index (χ1) is 36.2. The van der Waals surface area contributed by atoms with E-state index in [1.54, 1.807) is 12.3 Å². The summed E-state index contributed by atoms with van der Waals surface area (Å²) in [5.41, 5.74) is 3.70. The number of nitrogens with one attached hydrogen (secondary N) is 3. The molecule has 3 atom stereocenters. The summed E-state index contributed by atoms with van der Waals surface area (Å²) in [6, 6.07) is 22.6. The number of carbonyl (C=O) groups is 1. The van der Waals surface area contributed by atoms with E-state index in [0.29, 0.717) is 54.4 Å². The number of piperidine rings is 1. The Morgan fingerprint density at radius 2 is 1.73 bits per heavy atom. The molecule has 3 aromatic carbocycles. The van der Waals surface area contributed by atoms with Gasteiger partial charge in [0.25, 0.3) is 21.6 Å². The van der Waals surface area contributed by atoms with Gasteiger partial charge in [0.2, 0.25) is 5.88 Å². The van der Waals surface area contributed by atoms with Crippen LogP contribution < -0.4 is 24.6 Å². The van der Waals surface area contributed by atoms with Gasteiger partial charge in [0.1, 0.15) is 23.1 Å². The largest absolute Gasteiger partial charge is 0.468 e. The Labute approximate surface area is 431 Å². The number of likely N-dealkylation sites (tertiary alicyclic amines) is 1. The number of pyridine rings is 2. The summed E-state index contributed by atoms with van der Waals surface area (Å²) < 4.78 is 89.5. The highest BCUT2D eigenvalue weighted by Gasteiger charge is 2.50. The highest BCUT2D eigenvalue weighted by molar-refractivity contribution is 7.90. The van der Waals surface area contributed by atoms with Crippen molar-refractivity contribution >= 4 is 55.4 Å². The van der Waals surface area contributed by atoms with Crippen LogP contribution in [0.3, 0.4) is 0 Å². The van der Waals surface area contributed by atoms with Crippen LogP contribution in [0.25, 0.3) is 22.3 Å². The number of nitrogens with zero attached hydrogens (tertiary/aromatic N) is 6. The van der Waals surface area contributed by atoms with Gasteiger partial charge in [-0.25, -0.2) is 13.1 Å². The lowest BCUT2D eigenvalue weighted by Crippen LogP contribution is -2.55. The number of rotatable bonds is 12. The van der Waals surface area contributed by atoms with Crippen molar-refractivity contribution in [1.29, 1.82) is 0 Å². The minimum Gasteiger partial charge on any atom is -0.468 e. The average Bonchev–Trinajstić information content (AvgIpc) is 4.20. The van der Waals surface area contributed by atoms with Crippen LogP contribution in [0.5, 0.6) is 5.88 Å². The second kappa shape index (κ2) is 19.4. The second-order valence-electron chi connectivity index (χ2n) is 20.8. The zero-order valence-corrected chi connectivity index (χ0v) is 41.7. The normalized spacial score (nSPS) is 22.1. The van der Waals surface area contributed by atoms with Crippen LogP contribution >= 0.6 is 0 Å². The van der Waals surface area contributed by atoms with E-state index in [9.17, 15) is 36.5 Å². The fourth-order valence-electron chi connectivity index (χ4n) is 12.4. The maximum Gasteiger partial charge on any atom is 0.416 e. The standard InChI is InChI=1S/C54H56F3N9O8S/c55-54(56,57)35-12-18-58-43(25-35)39-4-1-2-5-40(39)44-6-3-19-64(44)37-28-53(29-37)15-20-63(21-16-53)36-7-9-41(45(26-36)65-47-24-34-11-17-59-50(34)61-52(47)74-49-32-73-31-48(49)65)51(67)62-75(70,71)38-8-10-42(46(27-38)66(68)69)60-30-33-13-22-72-23-14-33/h1-2,4-5,7-12,17-18,24-27,33,37,44,48-49,60H,3,6,13-16,19-23,28-32H2,(H,59,61)(H,62,67)/t44-,48+,49+/m0/s1. The molecule has 12 rings (SSSR count). The SMILES string of the molecule is O=C(NS(=O)(=O)c1ccc(NCC2CCOCC2)c([N+](=O)[O-])c1)c1ccc(N2CCC3(CC2)CC(N2CCC[C@H]2c2ccccc2-c2cc(C(F)(F)F)ccn2)C3)cc1N1c2cc3cc[nH]c3nc2O[C@@H]2COC[C@H]21. The molecular weight excluding hydrogens is 992 g/mol. The molecule has 5 aliphatic heterocycles. The molecule has 5 fully saturated rings. The molecule has 3 N–H and O–H groups in total. The topological polar surface area (TPSA) is 197 Å². The maximum atomic E-state index is 14.6. The van der Waals surface area contributed by atoms with Gasteiger partial charge in [-0.05, 0) is 129 Å². The molecule has 6 aliphatic rings. The lowest BCUT2D eigenvalue weighted by atomic mass is 9.59. The van der Waals surface area contributed by atoms with Crippen molar-refractivity contribution < 1.29 is 45.5 Å². The summed E-state index contributed by atoms with van der Waals surface area (Å²) in [5, 5.41) is 16.2. The van der Waals surface area contributed by atoms with E-state index in [1.165, 1.54) is 18.3 Å². The van der Waals surface area contributed by atoms with E-state index < -0.39 is 55.3 Å². The Balaban J connectivity index is 0.800. The van der Waals surface area contributed by atoms with Gasteiger partial charge < -0.3 is 34.3 Å². The molecule has 392 valence electrons. The maximum absolute atomic E-state index is 14.6. The lowest BCUT2D eigenvalue weighted by molar-refractivity contribution is -0.384. The number of benzene rings is 3. The van der Waals surface area contributed by atoms with Crippen LogP contribution in [0, 0.1) is 21.4 Å². The first kappa shape index (κ1) is 49.1. The third-order valence-electron chi connectivity index (χ3n) is 16.4. The fourth-order valence-corrected chi connectivity index (χ4v) is 13.4. The van der Waals surface area contributed by atoms with E-state index in [-0.39, 0.29) is 41.8 Å². The number of halogens is 3. The number of alkyl halides is 3. The lowest BCUT2D eigenvalue weighted by Gasteiger charge is -2.56. The summed E-state index contributed by atoms with van der Waals surface area (Å²) >= 11 is 0. The molecule has 21 heteroatoms. The number of aromatic nitrogens is 3. The van der Waals surface area contributed by atoms with Crippen LogP contribution in [0.2, 0.25) is 0 Å². The van der Waals surface area contributed by atoms with Gasteiger partial charge >= 0.3 is 6.18 Å². The van der Waals surface area contributed by atoms with E-state index in [4.69, 9.17) is 19.2 Å². The quantitative estimate of drug-likeness (QED) is 0.0774. The monoisotopic (exact) mass is 1050 g/mol. The Morgan fingerprint density at radius 3 is 2.53 bits per heavy atom. The zero-order chi connectivity index (χ0) is 51.6. The summed E-state index contributed by atoms with van der Waals surface area (Å²) in [7, 11) is -4.64. The summed E-state index contributed by atoms with van der Waals surface area (Å²) in [5.74, 6) is -0.351. The molecule has 0 radical (unpaired) electrons. The summed E-state index contributed by atoms with van der Waals surface area (Å²) in [6.45, 7) is 4.58. The number of sulfonamides is 1. The number of amides is 1. The molecular formula is C54H56F3N9O8S. The van der Waals surface area contributed by atoms with Crippen molar-refractivity contribution in [3.8, 4) is 17.1 Å². The van der Waals surface area contributed by atoms with Crippen molar-refractivity contribution in [2.75, 3.05) is 67.7 Å². The van der Waals surface area contributed by atoms with Crippen LogP contribution in [-0.4, -0.2) is 110 Å². The summed E-state index contributed by atoms with van der Waals surface area (Å²) in [6.07, 6.45) is 5.45. The van der Waals surface area contributed by atoms with E-state index in [0.717, 1.165) is 111 Å². The molecule has 0 unspecified atom stereocenters. The van der Waals surface area contributed by atoms with Gasteiger partial charge in [0.05, 0.1) is 51.6 Å². The molecule has 1 saturated carbocycles. The number of aromatic amines is 1. The van der Waals surface area contributed by atoms with Crippen molar-refractivity contribution in [2.45, 2.75) is 86.7 Å². The number of carbonyl (C=O) groups excluding carboxylic acids is 1.